The van der Waals surface area contributed by atoms with Crippen LogP contribution in [0.1, 0.15) is 37.3 Å². The fraction of sp³-hybridized carbons (Fsp3) is 0.429. The van der Waals surface area contributed by atoms with Crippen LogP contribution in [0.25, 0.3) is 0 Å². The molecule has 29 heavy (non-hydrogen) atoms. The third-order valence-electron chi connectivity index (χ3n) is 5.16. The van der Waals surface area contributed by atoms with Gasteiger partial charge in [-0.15, -0.1) is 0 Å². The van der Waals surface area contributed by atoms with E-state index in [1.54, 1.807) is 36.4 Å². The van der Waals surface area contributed by atoms with Crippen LogP contribution >= 0.6 is 0 Å². The third-order valence-corrected chi connectivity index (χ3v) is 8.42. The van der Waals surface area contributed by atoms with Gasteiger partial charge in [-0.05, 0) is 44.5 Å². The van der Waals surface area contributed by atoms with E-state index in [2.05, 4.69) is 0 Å². The zero-order valence-corrected chi connectivity index (χ0v) is 18.5. The first-order valence-corrected chi connectivity index (χ1v) is 12.6. The average Bonchev–Trinajstić information content (AvgIpc) is 3.39. The van der Waals surface area contributed by atoms with Gasteiger partial charge >= 0.3 is 0 Å². The predicted molar refractivity (Wildman–Crippen MR) is 112 cm³/mol. The molecule has 2 aromatic rings. The van der Waals surface area contributed by atoms with Gasteiger partial charge in [-0.1, -0.05) is 55.2 Å². The van der Waals surface area contributed by atoms with E-state index in [0.717, 1.165) is 24.0 Å². The first kappa shape index (κ1) is 22.0. The summed E-state index contributed by atoms with van der Waals surface area (Å²) in [6.07, 6.45) is 2.48. The van der Waals surface area contributed by atoms with E-state index in [9.17, 15) is 16.8 Å². The molecule has 2 aromatic carbocycles. The molecule has 0 bridgehead atoms. The molecule has 1 fully saturated rings. The van der Waals surface area contributed by atoms with Crippen molar-refractivity contribution in [1.82, 2.24) is 4.31 Å². The molecule has 158 valence electrons. The summed E-state index contributed by atoms with van der Waals surface area (Å²) in [4.78, 5) is 0.287. The van der Waals surface area contributed by atoms with Crippen molar-refractivity contribution in [3.8, 4) is 0 Å². The molecule has 0 aromatic heterocycles. The van der Waals surface area contributed by atoms with Crippen LogP contribution in [0.3, 0.4) is 0 Å². The van der Waals surface area contributed by atoms with Gasteiger partial charge in [-0.2, -0.15) is 12.7 Å². The Balaban J connectivity index is 1.76. The van der Waals surface area contributed by atoms with Crippen molar-refractivity contribution in [3.05, 3.63) is 59.7 Å². The number of hydrogen-bond donors (Lipinski definition) is 0. The van der Waals surface area contributed by atoms with Crippen LogP contribution in [0.15, 0.2) is 58.3 Å². The highest BCUT2D eigenvalue weighted by Gasteiger charge is 2.55. The summed E-state index contributed by atoms with van der Waals surface area (Å²) in [7, 11) is -7.63. The number of hydrogen-bond acceptors (Lipinski definition) is 5. The Bertz CT molecular complexity index is 1050. The molecule has 1 saturated heterocycles. The molecule has 0 amide bonds. The largest absolute Gasteiger partial charge is 0.297 e. The molecule has 1 aliphatic rings. The van der Waals surface area contributed by atoms with Crippen molar-refractivity contribution in [2.75, 3.05) is 6.61 Å². The van der Waals surface area contributed by atoms with Crippen molar-refractivity contribution < 1.29 is 21.0 Å². The Labute approximate surface area is 173 Å². The van der Waals surface area contributed by atoms with E-state index >= 15 is 0 Å². The van der Waals surface area contributed by atoms with Gasteiger partial charge in [0.25, 0.3) is 10.1 Å². The van der Waals surface area contributed by atoms with E-state index in [4.69, 9.17) is 4.18 Å². The second-order valence-corrected chi connectivity index (χ2v) is 10.9. The second kappa shape index (κ2) is 8.55. The Morgan fingerprint density at radius 1 is 0.828 bits per heavy atom. The Morgan fingerprint density at radius 3 is 1.86 bits per heavy atom. The minimum atomic E-state index is -3.94. The molecule has 0 saturated carbocycles. The first-order chi connectivity index (χ1) is 13.7. The van der Waals surface area contributed by atoms with Gasteiger partial charge in [-0.25, -0.2) is 8.42 Å². The lowest BCUT2D eigenvalue weighted by Crippen LogP contribution is -2.19. The second-order valence-electron chi connectivity index (χ2n) is 7.48. The molecule has 3 atom stereocenters. The van der Waals surface area contributed by atoms with Crippen molar-refractivity contribution >= 4 is 20.1 Å². The summed E-state index contributed by atoms with van der Waals surface area (Å²) in [5, 5.41) is 0. The molecule has 0 spiro atoms. The maximum absolute atomic E-state index is 13.0. The van der Waals surface area contributed by atoms with Gasteiger partial charge < -0.3 is 0 Å². The van der Waals surface area contributed by atoms with E-state index in [1.807, 2.05) is 20.8 Å². The zero-order valence-electron chi connectivity index (χ0n) is 16.9. The van der Waals surface area contributed by atoms with E-state index in [0.29, 0.717) is 6.42 Å². The summed E-state index contributed by atoms with van der Waals surface area (Å²) in [5.41, 5.74) is 1.92. The number of nitrogens with zero attached hydrogens (tertiary/aromatic N) is 1. The predicted octanol–water partition coefficient (Wildman–Crippen LogP) is 3.64. The smallest absolute Gasteiger partial charge is 0.265 e. The molecule has 0 radical (unpaired) electrons. The SMILES string of the molecule is CCCC[C@H]1[C@H](COS(=O)(=O)c2ccc(C)cc2)N1S(=O)(=O)c1ccc(C)cc1. The average molecular weight is 438 g/mol. The van der Waals surface area contributed by atoms with E-state index < -0.39 is 26.2 Å². The standard InChI is InChI=1S/C21H27NO5S2/c1-4-5-6-20-21(15-27-29(25,26)19-13-9-17(3)10-14-19)22(20)28(23,24)18-11-7-16(2)8-12-18/h7-14,20-21H,4-6,15H2,1-3H3/t20-,21-,22?/m0/s1. The lowest BCUT2D eigenvalue weighted by molar-refractivity contribution is 0.309. The fourth-order valence-electron chi connectivity index (χ4n) is 3.35. The molecule has 1 aliphatic heterocycles. The van der Waals surface area contributed by atoms with Gasteiger partial charge in [0.05, 0.1) is 22.4 Å². The normalized spacial score (nSPS) is 21.8. The molecule has 8 heteroatoms. The van der Waals surface area contributed by atoms with Crippen LogP contribution in [-0.4, -0.2) is 39.8 Å². The molecule has 1 heterocycles. The molecule has 6 nitrogen and oxygen atoms in total. The lowest BCUT2D eigenvalue weighted by Gasteiger charge is -2.08. The van der Waals surface area contributed by atoms with E-state index in [-0.39, 0.29) is 22.4 Å². The van der Waals surface area contributed by atoms with Crippen LogP contribution in [0.2, 0.25) is 0 Å². The van der Waals surface area contributed by atoms with Crippen molar-refractivity contribution in [2.45, 2.75) is 61.9 Å². The van der Waals surface area contributed by atoms with Gasteiger partial charge in [0, 0.05) is 6.04 Å². The Morgan fingerprint density at radius 2 is 1.34 bits per heavy atom. The summed E-state index contributed by atoms with van der Waals surface area (Å²) >= 11 is 0. The highest BCUT2D eigenvalue weighted by atomic mass is 32.2. The first-order valence-electron chi connectivity index (χ1n) is 9.73. The summed E-state index contributed by atoms with van der Waals surface area (Å²) in [5.74, 6) is 0. The minimum Gasteiger partial charge on any atom is -0.265 e. The number of rotatable bonds is 9. The number of aryl methyl sites for hydroxylation is 2. The molecule has 1 unspecified atom stereocenters. The molecule has 0 N–H and O–H groups in total. The lowest BCUT2D eigenvalue weighted by atomic mass is 10.2. The monoisotopic (exact) mass is 437 g/mol. The van der Waals surface area contributed by atoms with Crippen LogP contribution < -0.4 is 0 Å². The van der Waals surface area contributed by atoms with Crippen LogP contribution in [-0.2, 0) is 24.3 Å². The van der Waals surface area contributed by atoms with Gasteiger partial charge in [0.15, 0.2) is 0 Å². The maximum atomic E-state index is 13.0. The van der Waals surface area contributed by atoms with Crippen LogP contribution in [0, 0.1) is 13.8 Å². The maximum Gasteiger partial charge on any atom is 0.297 e. The molecular formula is C21H27NO5S2. The summed E-state index contributed by atoms with van der Waals surface area (Å²) in [6.45, 7) is 5.61. The van der Waals surface area contributed by atoms with Crippen LogP contribution in [0.5, 0.6) is 0 Å². The van der Waals surface area contributed by atoms with Crippen molar-refractivity contribution in [1.29, 1.82) is 0 Å². The summed E-state index contributed by atoms with van der Waals surface area (Å²) < 4.78 is 57.6. The topological polar surface area (TPSA) is 80.5 Å². The van der Waals surface area contributed by atoms with Crippen LogP contribution in [0.4, 0.5) is 0 Å². The molecule has 0 aliphatic carbocycles. The quantitative estimate of drug-likeness (QED) is 0.442. The molecular weight excluding hydrogens is 410 g/mol. The molecule has 3 rings (SSSR count). The Hall–Kier alpha value is -1.74. The number of unbranched alkanes of at least 4 members (excludes halogenated alkanes) is 1. The number of sulfonamides is 1. The third kappa shape index (κ3) is 4.88. The summed E-state index contributed by atoms with van der Waals surface area (Å²) in [6, 6.07) is 12.3. The fourth-order valence-corrected chi connectivity index (χ4v) is 6.10. The highest BCUT2D eigenvalue weighted by molar-refractivity contribution is 7.89. The van der Waals surface area contributed by atoms with E-state index in [1.165, 1.54) is 16.4 Å². The van der Waals surface area contributed by atoms with Gasteiger partial charge in [0.1, 0.15) is 0 Å². The van der Waals surface area contributed by atoms with Gasteiger partial charge in [-0.3, -0.25) is 4.18 Å². The van der Waals surface area contributed by atoms with Crippen molar-refractivity contribution in [3.63, 3.8) is 0 Å². The highest BCUT2D eigenvalue weighted by Crippen LogP contribution is 2.39. The van der Waals surface area contributed by atoms with Crippen molar-refractivity contribution in [2.24, 2.45) is 0 Å². The zero-order chi connectivity index (χ0) is 21.2. The number of benzene rings is 2. The Kier molecular flexibility index (Phi) is 6.48. The minimum absolute atomic E-state index is 0.0711. The van der Waals surface area contributed by atoms with Gasteiger partial charge in [0.2, 0.25) is 10.0 Å².